The van der Waals surface area contributed by atoms with Crippen molar-refractivity contribution in [2.24, 2.45) is 0 Å². The van der Waals surface area contributed by atoms with Crippen molar-refractivity contribution in [1.82, 2.24) is 0 Å². The number of halogens is 1. The van der Waals surface area contributed by atoms with E-state index in [0.29, 0.717) is 0 Å². The minimum Gasteiger partial charge on any atom is -0.0619 e. The van der Waals surface area contributed by atoms with Crippen LogP contribution in [-0.4, -0.2) is 0 Å². The average molecular weight is 447 g/mol. The third kappa shape index (κ3) is 2.66. The van der Waals surface area contributed by atoms with Gasteiger partial charge in [0, 0.05) is 10.4 Å². The molecule has 5 aromatic carbocycles. The summed E-state index contributed by atoms with van der Waals surface area (Å²) in [6.07, 6.45) is 0. The third-order valence-corrected chi connectivity index (χ3v) is 6.79. The Morgan fingerprint density at radius 3 is 1.67 bits per heavy atom. The molecule has 0 atom stereocenters. The first-order valence-corrected chi connectivity index (χ1v) is 11.1. The maximum atomic E-state index is 3.55. The summed E-state index contributed by atoms with van der Waals surface area (Å²) in [5, 5.41) is 2.63. The molecule has 0 aromatic heterocycles. The summed E-state index contributed by atoms with van der Waals surface area (Å²) in [6.45, 7) is 0. The summed E-state index contributed by atoms with van der Waals surface area (Å²) in [4.78, 5) is 0. The number of rotatable bonds is 2. The molecule has 0 amide bonds. The van der Waals surface area contributed by atoms with Crippen LogP contribution in [-0.2, 0) is 0 Å². The summed E-state index contributed by atoms with van der Waals surface area (Å²) in [5.41, 5.74) is 9.43. The van der Waals surface area contributed by atoms with E-state index < -0.39 is 0 Å². The molecule has 0 bridgehead atoms. The van der Waals surface area contributed by atoms with Gasteiger partial charge < -0.3 is 0 Å². The molecule has 1 aliphatic rings. The van der Waals surface area contributed by atoms with Gasteiger partial charge in [-0.3, -0.25) is 0 Å². The fraction of sp³-hybridized carbons (Fsp3) is 0.0345. The van der Waals surface area contributed by atoms with Gasteiger partial charge in [0.2, 0.25) is 0 Å². The first-order chi connectivity index (χ1) is 14.8. The monoisotopic (exact) mass is 446 g/mol. The zero-order valence-corrected chi connectivity index (χ0v) is 17.9. The second-order valence-corrected chi connectivity index (χ2v) is 8.78. The van der Waals surface area contributed by atoms with Crippen LogP contribution in [0.1, 0.15) is 22.6 Å². The van der Waals surface area contributed by atoms with Crippen molar-refractivity contribution in [2.75, 3.05) is 0 Å². The molecule has 1 heteroatoms. The SMILES string of the molecule is Brc1ccc(-c2ccc(C3c4ccccc4-c4ccccc43)c3ccccc23)cc1. The van der Waals surface area contributed by atoms with Crippen molar-refractivity contribution < 1.29 is 0 Å². The molecule has 30 heavy (non-hydrogen) atoms. The largest absolute Gasteiger partial charge is 0.0619 e. The molecule has 142 valence electrons. The van der Waals surface area contributed by atoms with Gasteiger partial charge in [0.1, 0.15) is 0 Å². The van der Waals surface area contributed by atoms with Gasteiger partial charge in [-0.15, -0.1) is 0 Å². The quantitative estimate of drug-likeness (QED) is 0.250. The predicted molar refractivity (Wildman–Crippen MR) is 130 cm³/mol. The second-order valence-electron chi connectivity index (χ2n) is 7.86. The zero-order chi connectivity index (χ0) is 20.1. The van der Waals surface area contributed by atoms with Crippen molar-refractivity contribution in [2.45, 2.75) is 5.92 Å². The third-order valence-electron chi connectivity index (χ3n) is 6.26. The first kappa shape index (κ1) is 17.7. The molecule has 1 aliphatic carbocycles. The Morgan fingerprint density at radius 1 is 0.433 bits per heavy atom. The highest BCUT2D eigenvalue weighted by atomic mass is 79.9. The number of hydrogen-bond acceptors (Lipinski definition) is 0. The minimum atomic E-state index is 0.265. The lowest BCUT2D eigenvalue weighted by Gasteiger charge is -2.19. The van der Waals surface area contributed by atoms with E-state index in [1.165, 1.54) is 49.7 Å². The molecular formula is C29H19Br. The van der Waals surface area contributed by atoms with Gasteiger partial charge in [-0.1, -0.05) is 113 Å². The summed E-state index contributed by atoms with van der Waals surface area (Å²) in [6, 6.07) is 39.8. The molecule has 0 saturated heterocycles. The second kappa shape index (κ2) is 6.97. The van der Waals surface area contributed by atoms with E-state index >= 15 is 0 Å². The Balaban J connectivity index is 1.62. The summed E-state index contributed by atoms with van der Waals surface area (Å²) >= 11 is 3.55. The minimum absolute atomic E-state index is 0.265. The van der Waals surface area contributed by atoms with Crippen LogP contribution >= 0.6 is 15.9 Å². The van der Waals surface area contributed by atoms with E-state index in [0.717, 1.165) is 4.47 Å². The lowest BCUT2D eigenvalue weighted by molar-refractivity contribution is 1.03. The van der Waals surface area contributed by atoms with E-state index in [-0.39, 0.29) is 5.92 Å². The normalized spacial score (nSPS) is 12.7. The van der Waals surface area contributed by atoms with Crippen molar-refractivity contribution in [3.63, 3.8) is 0 Å². The van der Waals surface area contributed by atoms with Crippen molar-refractivity contribution in [3.05, 3.63) is 130 Å². The molecule has 0 spiro atoms. The van der Waals surface area contributed by atoms with Gasteiger partial charge in [-0.25, -0.2) is 0 Å². The summed E-state index contributed by atoms with van der Waals surface area (Å²) in [7, 11) is 0. The molecule has 0 fully saturated rings. The summed E-state index contributed by atoms with van der Waals surface area (Å²) < 4.78 is 1.10. The van der Waals surface area contributed by atoms with E-state index in [9.17, 15) is 0 Å². The number of hydrogen-bond donors (Lipinski definition) is 0. The molecule has 0 unspecified atom stereocenters. The fourth-order valence-corrected chi connectivity index (χ4v) is 5.21. The molecular weight excluding hydrogens is 428 g/mol. The molecule has 6 rings (SSSR count). The van der Waals surface area contributed by atoms with Crippen LogP contribution in [0.5, 0.6) is 0 Å². The van der Waals surface area contributed by atoms with Crippen molar-refractivity contribution >= 4 is 26.7 Å². The van der Waals surface area contributed by atoms with Crippen LogP contribution in [0, 0.1) is 0 Å². The summed E-state index contributed by atoms with van der Waals surface area (Å²) in [5.74, 6) is 0.265. The average Bonchev–Trinajstić information content (AvgIpc) is 3.13. The Labute approximate surface area is 185 Å². The molecule has 0 saturated carbocycles. The molecule has 0 heterocycles. The Kier molecular flexibility index (Phi) is 4.11. The van der Waals surface area contributed by atoms with Crippen LogP contribution in [0.15, 0.2) is 114 Å². The highest BCUT2D eigenvalue weighted by molar-refractivity contribution is 9.10. The molecule has 5 aromatic rings. The lowest BCUT2D eigenvalue weighted by Crippen LogP contribution is -2.00. The van der Waals surface area contributed by atoms with E-state index in [2.05, 4.69) is 125 Å². The van der Waals surface area contributed by atoms with E-state index in [1.54, 1.807) is 0 Å². The van der Waals surface area contributed by atoms with Gasteiger partial charge >= 0.3 is 0 Å². The van der Waals surface area contributed by atoms with Crippen molar-refractivity contribution in [1.29, 1.82) is 0 Å². The van der Waals surface area contributed by atoms with Gasteiger partial charge in [-0.05, 0) is 61.8 Å². The van der Waals surface area contributed by atoms with Crippen molar-refractivity contribution in [3.8, 4) is 22.3 Å². The molecule has 0 N–H and O–H groups in total. The predicted octanol–water partition coefficient (Wildman–Crippen LogP) is 8.43. The van der Waals surface area contributed by atoms with Gasteiger partial charge in [0.05, 0.1) is 0 Å². The number of benzene rings is 5. The van der Waals surface area contributed by atoms with E-state index in [1.807, 2.05) is 0 Å². The van der Waals surface area contributed by atoms with Gasteiger partial charge in [0.15, 0.2) is 0 Å². The smallest absolute Gasteiger partial charge is 0.0358 e. The van der Waals surface area contributed by atoms with E-state index in [4.69, 9.17) is 0 Å². The number of fused-ring (bicyclic) bond motifs is 4. The highest BCUT2D eigenvalue weighted by Gasteiger charge is 2.30. The molecule has 0 radical (unpaired) electrons. The van der Waals surface area contributed by atoms with Gasteiger partial charge in [-0.2, -0.15) is 0 Å². The van der Waals surface area contributed by atoms with Crippen LogP contribution in [0.4, 0.5) is 0 Å². The highest BCUT2D eigenvalue weighted by Crippen LogP contribution is 2.49. The van der Waals surface area contributed by atoms with Crippen LogP contribution in [0.2, 0.25) is 0 Å². The molecule has 0 nitrogen and oxygen atoms in total. The maximum Gasteiger partial charge on any atom is 0.0358 e. The fourth-order valence-electron chi connectivity index (χ4n) is 4.95. The first-order valence-electron chi connectivity index (χ1n) is 10.3. The molecule has 0 aliphatic heterocycles. The Morgan fingerprint density at radius 2 is 1.00 bits per heavy atom. The van der Waals surface area contributed by atoms with Crippen LogP contribution < -0.4 is 0 Å². The Bertz CT molecular complexity index is 1350. The lowest BCUT2D eigenvalue weighted by atomic mass is 9.84. The Hall–Kier alpha value is -3.16. The standard InChI is InChI=1S/C29H19Br/c30-20-15-13-19(14-16-20)21-17-18-28(23-8-2-1-7-22(21)23)29-26-11-5-3-9-24(26)25-10-4-6-12-27(25)29/h1-18,29H. The zero-order valence-electron chi connectivity index (χ0n) is 16.3. The maximum absolute atomic E-state index is 3.55. The van der Waals surface area contributed by atoms with Gasteiger partial charge in [0.25, 0.3) is 0 Å². The topological polar surface area (TPSA) is 0 Å². The van der Waals surface area contributed by atoms with Crippen LogP contribution in [0.25, 0.3) is 33.0 Å². The van der Waals surface area contributed by atoms with Crippen LogP contribution in [0.3, 0.4) is 0 Å².